The molecule has 0 aliphatic carbocycles. The van der Waals surface area contributed by atoms with Crippen molar-refractivity contribution in [2.45, 2.75) is 50.7 Å². The Hall–Kier alpha value is -3.21. The van der Waals surface area contributed by atoms with Gasteiger partial charge in [-0.05, 0) is 57.0 Å². The second kappa shape index (κ2) is 10.6. The van der Waals surface area contributed by atoms with E-state index in [-0.39, 0.29) is 11.5 Å². The van der Waals surface area contributed by atoms with E-state index in [2.05, 4.69) is 24.3 Å². The zero-order chi connectivity index (χ0) is 26.0. The first-order chi connectivity index (χ1) is 17.8. The number of nitrogens with zero attached hydrogens (tertiary/aromatic N) is 6. The molecule has 0 bridgehead atoms. The quantitative estimate of drug-likeness (QED) is 0.467. The number of nitrogens with two attached hydrogens (primary N) is 1. The van der Waals surface area contributed by atoms with Crippen LogP contribution < -0.4 is 10.6 Å². The van der Waals surface area contributed by atoms with Crippen molar-refractivity contribution in [1.82, 2.24) is 24.4 Å². The van der Waals surface area contributed by atoms with Gasteiger partial charge in [-0.2, -0.15) is 13.2 Å². The summed E-state index contributed by atoms with van der Waals surface area (Å²) in [6, 6.07) is 4.85. The van der Waals surface area contributed by atoms with Crippen molar-refractivity contribution in [1.29, 1.82) is 0 Å². The van der Waals surface area contributed by atoms with Crippen LogP contribution in [0.15, 0.2) is 36.8 Å². The highest BCUT2D eigenvalue weighted by atomic mass is 19.4. The minimum Gasteiger partial charge on any atom is -0.384 e. The zero-order valence-corrected chi connectivity index (χ0v) is 20.6. The molecule has 11 heteroatoms. The lowest BCUT2D eigenvalue weighted by atomic mass is 9.96. The molecule has 2 aliphatic rings. The third-order valence-corrected chi connectivity index (χ3v) is 7.34. The van der Waals surface area contributed by atoms with E-state index >= 15 is 0 Å². The average Bonchev–Trinajstić information content (AvgIpc) is 3.32. The van der Waals surface area contributed by atoms with Crippen molar-refractivity contribution in [3.8, 4) is 11.3 Å². The first-order valence-corrected chi connectivity index (χ1v) is 12.8. The molecule has 0 saturated carbocycles. The molecule has 2 fully saturated rings. The van der Waals surface area contributed by atoms with Crippen molar-refractivity contribution in [2.75, 3.05) is 43.4 Å². The molecule has 0 amide bonds. The second-order valence-corrected chi connectivity index (χ2v) is 9.83. The van der Waals surface area contributed by atoms with Crippen LogP contribution >= 0.6 is 0 Å². The Balaban J connectivity index is 1.39. The standard InChI is InChI=1S/C26H31F4N7/c27-21-5-4-19(14-20(21)26(28,29)30)22-16-37(13-12-35-8-2-1-3-9-35)25(34-22)18-6-10-36(11-7-18)24-15-23(31)32-17-33-24/h4-5,14-18H,1-3,6-13H2,(H2,31,32,33). The Morgan fingerprint density at radius 3 is 2.41 bits per heavy atom. The highest BCUT2D eigenvalue weighted by Gasteiger charge is 2.34. The molecule has 0 spiro atoms. The van der Waals surface area contributed by atoms with Gasteiger partial charge in [0.15, 0.2) is 0 Å². The highest BCUT2D eigenvalue weighted by molar-refractivity contribution is 5.60. The Labute approximate surface area is 213 Å². The predicted molar refractivity (Wildman–Crippen MR) is 134 cm³/mol. The lowest BCUT2D eigenvalue weighted by molar-refractivity contribution is -0.139. The van der Waals surface area contributed by atoms with E-state index in [9.17, 15) is 17.6 Å². The van der Waals surface area contributed by atoms with Gasteiger partial charge in [-0.3, -0.25) is 0 Å². The van der Waals surface area contributed by atoms with Gasteiger partial charge in [0.2, 0.25) is 0 Å². The van der Waals surface area contributed by atoms with Gasteiger partial charge < -0.3 is 20.1 Å². The summed E-state index contributed by atoms with van der Waals surface area (Å²) in [4.78, 5) is 17.7. The van der Waals surface area contributed by atoms with Crippen LogP contribution in [-0.4, -0.2) is 57.1 Å². The molecule has 4 heterocycles. The molecule has 3 aromatic rings. The Morgan fingerprint density at radius 1 is 0.946 bits per heavy atom. The van der Waals surface area contributed by atoms with E-state index in [4.69, 9.17) is 10.7 Å². The first-order valence-electron chi connectivity index (χ1n) is 12.8. The number of alkyl halides is 3. The van der Waals surface area contributed by atoms with Crippen molar-refractivity contribution in [3.63, 3.8) is 0 Å². The molecular weight excluding hydrogens is 486 g/mol. The summed E-state index contributed by atoms with van der Waals surface area (Å²) in [7, 11) is 0. The second-order valence-electron chi connectivity index (χ2n) is 9.83. The number of piperidine rings is 2. The average molecular weight is 518 g/mol. The van der Waals surface area contributed by atoms with Crippen molar-refractivity contribution < 1.29 is 17.6 Å². The van der Waals surface area contributed by atoms with Gasteiger partial charge in [-0.15, -0.1) is 0 Å². The number of hydrogen-bond acceptors (Lipinski definition) is 6. The van der Waals surface area contributed by atoms with E-state index in [0.717, 1.165) is 69.3 Å². The molecule has 2 aromatic heterocycles. The lowest BCUT2D eigenvalue weighted by Gasteiger charge is -2.33. The summed E-state index contributed by atoms with van der Waals surface area (Å²) in [5.74, 6) is 0.937. The normalized spacial score (nSPS) is 17.9. The third kappa shape index (κ3) is 5.87. The van der Waals surface area contributed by atoms with Crippen LogP contribution in [0.1, 0.15) is 49.4 Å². The SMILES string of the molecule is Nc1cc(N2CCC(c3nc(-c4ccc(F)c(C(F)(F)F)c4)cn3CCN3CCCCC3)CC2)ncn1. The molecule has 7 nitrogen and oxygen atoms in total. The highest BCUT2D eigenvalue weighted by Crippen LogP contribution is 2.36. The smallest absolute Gasteiger partial charge is 0.384 e. The monoisotopic (exact) mass is 517 g/mol. The van der Waals surface area contributed by atoms with Gasteiger partial charge in [-0.25, -0.2) is 19.3 Å². The molecular formula is C26H31F4N7. The first kappa shape index (κ1) is 25.4. The number of likely N-dealkylation sites (tertiary alicyclic amines) is 1. The summed E-state index contributed by atoms with van der Waals surface area (Å²) < 4.78 is 56.1. The molecule has 1 aromatic carbocycles. The topological polar surface area (TPSA) is 76.1 Å². The fourth-order valence-corrected chi connectivity index (χ4v) is 5.31. The minimum absolute atomic E-state index is 0.146. The molecule has 198 valence electrons. The van der Waals surface area contributed by atoms with Crippen molar-refractivity contribution >= 4 is 11.6 Å². The molecule has 0 atom stereocenters. The molecule has 37 heavy (non-hydrogen) atoms. The summed E-state index contributed by atoms with van der Waals surface area (Å²) >= 11 is 0. The minimum atomic E-state index is -4.77. The van der Waals surface area contributed by atoms with Gasteiger partial charge in [0, 0.05) is 49.9 Å². The molecule has 0 radical (unpaired) electrons. The van der Waals surface area contributed by atoms with Crippen LogP contribution in [0.5, 0.6) is 0 Å². The zero-order valence-electron chi connectivity index (χ0n) is 20.6. The summed E-state index contributed by atoms with van der Waals surface area (Å²) in [6.45, 7) is 5.19. The van der Waals surface area contributed by atoms with Gasteiger partial charge in [-0.1, -0.05) is 6.42 Å². The maximum atomic E-state index is 13.9. The van der Waals surface area contributed by atoms with Gasteiger partial charge in [0.25, 0.3) is 0 Å². The van der Waals surface area contributed by atoms with Crippen molar-refractivity contribution in [3.05, 3.63) is 54.0 Å². The molecule has 0 unspecified atom stereocenters. The number of nitrogen functional groups attached to an aromatic ring is 1. The Morgan fingerprint density at radius 2 is 1.70 bits per heavy atom. The van der Waals surface area contributed by atoms with E-state index in [1.165, 1.54) is 31.7 Å². The van der Waals surface area contributed by atoms with E-state index in [1.54, 1.807) is 6.07 Å². The maximum absolute atomic E-state index is 13.9. The lowest BCUT2D eigenvalue weighted by Crippen LogP contribution is -2.35. The largest absolute Gasteiger partial charge is 0.419 e. The van der Waals surface area contributed by atoms with Gasteiger partial charge >= 0.3 is 6.18 Å². The van der Waals surface area contributed by atoms with E-state index in [0.29, 0.717) is 18.1 Å². The van der Waals surface area contributed by atoms with Gasteiger partial charge in [0.1, 0.15) is 29.6 Å². The molecule has 2 N–H and O–H groups in total. The number of anilines is 2. The third-order valence-electron chi connectivity index (χ3n) is 7.34. The van der Waals surface area contributed by atoms with Crippen LogP contribution in [0.3, 0.4) is 0 Å². The predicted octanol–water partition coefficient (Wildman–Crippen LogP) is 4.95. The van der Waals surface area contributed by atoms with Crippen LogP contribution in [0.4, 0.5) is 29.2 Å². The number of hydrogen-bond donors (Lipinski definition) is 1. The fraction of sp³-hybridized carbons (Fsp3) is 0.500. The van der Waals surface area contributed by atoms with E-state index < -0.39 is 17.6 Å². The number of rotatable bonds is 6. The molecule has 2 saturated heterocycles. The fourth-order valence-electron chi connectivity index (χ4n) is 5.31. The van der Waals surface area contributed by atoms with Gasteiger partial charge in [0.05, 0.1) is 11.3 Å². The molecule has 5 rings (SSSR count). The van der Waals surface area contributed by atoms with Crippen molar-refractivity contribution in [2.24, 2.45) is 0 Å². The maximum Gasteiger partial charge on any atom is 0.419 e. The summed E-state index contributed by atoms with van der Waals surface area (Å²) in [5, 5.41) is 0. The molecule has 2 aliphatic heterocycles. The van der Waals surface area contributed by atoms with Crippen LogP contribution in [-0.2, 0) is 12.7 Å². The number of benzene rings is 1. The number of imidazole rings is 1. The number of aromatic nitrogens is 4. The Kier molecular flexibility index (Phi) is 7.32. The van der Waals surface area contributed by atoms with Crippen LogP contribution in [0.25, 0.3) is 11.3 Å². The summed E-state index contributed by atoms with van der Waals surface area (Å²) in [6.07, 6.45) is 3.77. The summed E-state index contributed by atoms with van der Waals surface area (Å²) in [5.41, 5.74) is 5.24. The van der Waals surface area contributed by atoms with Crippen LogP contribution in [0, 0.1) is 5.82 Å². The number of halogens is 4. The van der Waals surface area contributed by atoms with E-state index in [1.807, 2.05) is 6.20 Å². The van der Waals surface area contributed by atoms with Crippen LogP contribution in [0.2, 0.25) is 0 Å². The Bertz CT molecular complexity index is 1210.